The molecule has 4 nitrogen and oxygen atoms in total. The molecule has 0 amide bonds. The third-order valence-corrected chi connectivity index (χ3v) is 4.29. The third kappa shape index (κ3) is 3.58. The van der Waals surface area contributed by atoms with E-state index in [-0.39, 0.29) is 0 Å². The molecule has 0 radical (unpaired) electrons. The van der Waals surface area contributed by atoms with Gasteiger partial charge in [-0.15, -0.1) is 0 Å². The van der Waals surface area contributed by atoms with Gasteiger partial charge in [-0.3, -0.25) is 0 Å². The molecule has 2 aromatic heterocycles. The quantitative estimate of drug-likeness (QED) is 0.535. The second-order valence-electron chi connectivity index (χ2n) is 6.97. The van der Waals surface area contributed by atoms with E-state index in [9.17, 15) is 0 Å². The largest absolute Gasteiger partial charge is 0.342 e. The number of aryl methyl sites for hydroxylation is 1. The monoisotopic (exact) mass is 334 g/mol. The van der Waals surface area contributed by atoms with Gasteiger partial charge < -0.3 is 9.55 Å². The van der Waals surface area contributed by atoms with Crippen LogP contribution in [0.1, 0.15) is 51.2 Å². The lowest BCUT2D eigenvalue weighted by Gasteiger charge is -2.04. The Morgan fingerprint density at radius 1 is 0.800 bits per heavy atom. The van der Waals surface area contributed by atoms with Gasteiger partial charge in [-0.25, -0.2) is 9.97 Å². The third-order valence-electron chi connectivity index (χ3n) is 4.29. The summed E-state index contributed by atoms with van der Waals surface area (Å²) in [6.07, 6.45) is 0. The zero-order chi connectivity index (χ0) is 18.0. The van der Waals surface area contributed by atoms with E-state index >= 15 is 0 Å². The van der Waals surface area contributed by atoms with E-state index in [0.717, 1.165) is 28.2 Å². The Hall–Kier alpha value is -2.62. The van der Waals surface area contributed by atoms with Crippen molar-refractivity contribution in [2.45, 2.75) is 39.5 Å². The van der Waals surface area contributed by atoms with Crippen LogP contribution >= 0.6 is 0 Å². The zero-order valence-electron chi connectivity index (χ0n) is 15.6. The molecular formula is C21H26N4. The van der Waals surface area contributed by atoms with E-state index in [4.69, 9.17) is 0 Å². The molecule has 0 bridgehead atoms. The van der Waals surface area contributed by atoms with Crippen LogP contribution in [0.15, 0.2) is 48.5 Å². The number of hydrogen-bond acceptors (Lipinski definition) is 2. The van der Waals surface area contributed by atoms with Gasteiger partial charge >= 0.3 is 0 Å². The summed E-state index contributed by atoms with van der Waals surface area (Å²) in [7, 11) is 2.07. The lowest BCUT2D eigenvalue weighted by atomic mass is 10.2. The van der Waals surface area contributed by atoms with E-state index in [0.29, 0.717) is 11.8 Å². The van der Waals surface area contributed by atoms with Gasteiger partial charge in [-0.05, 0) is 24.3 Å². The van der Waals surface area contributed by atoms with Crippen LogP contribution in [0.25, 0.3) is 22.1 Å². The average Bonchev–Trinajstić information content (AvgIpc) is 3.17. The van der Waals surface area contributed by atoms with Crippen molar-refractivity contribution in [2.24, 2.45) is 7.05 Å². The van der Waals surface area contributed by atoms with E-state index in [1.807, 2.05) is 36.4 Å². The number of H-pyrrole nitrogens is 1. The number of hydrogen-bond donors (Lipinski definition) is 1. The van der Waals surface area contributed by atoms with E-state index in [2.05, 4.69) is 66.4 Å². The SMILES string of the molecule is CC(C)c1nc2ccccc2[nH]1.CC(C)c1nc2ccccc2n1C. The summed E-state index contributed by atoms with van der Waals surface area (Å²) in [5.41, 5.74) is 4.49. The summed E-state index contributed by atoms with van der Waals surface area (Å²) in [6.45, 7) is 8.61. The average molecular weight is 334 g/mol. The van der Waals surface area contributed by atoms with Crippen molar-refractivity contribution in [2.75, 3.05) is 0 Å². The lowest BCUT2D eigenvalue weighted by Crippen LogP contribution is -1.99. The first kappa shape index (κ1) is 17.2. The minimum atomic E-state index is 0.470. The molecule has 0 saturated carbocycles. The fraction of sp³-hybridized carbons (Fsp3) is 0.333. The van der Waals surface area contributed by atoms with Crippen molar-refractivity contribution >= 4 is 22.1 Å². The highest BCUT2D eigenvalue weighted by atomic mass is 15.1. The topological polar surface area (TPSA) is 46.5 Å². The molecule has 25 heavy (non-hydrogen) atoms. The van der Waals surface area contributed by atoms with E-state index in [1.165, 1.54) is 5.52 Å². The van der Waals surface area contributed by atoms with Gasteiger partial charge in [0.1, 0.15) is 11.6 Å². The number of nitrogens with one attached hydrogen (secondary N) is 1. The lowest BCUT2D eigenvalue weighted by molar-refractivity contribution is 0.722. The highest BCUT2D eigenvalue weighted by molar-refractivity contribution is 5.76. The number of benzene rings is 2. The number of para-hydroxylation sites is 4. The molecule has 2 heterocycles. The molecule has 0 aliphatic heterocycles. The first-order valence-corrected chi connectivity index (χ1v) is 8.83. The van der Waals surface area contributed by atoms with Crippen molar-refractivity contribution in [1.29, 1.82) is 0 Å². The maximum Gasteiger partial charge on any atom is 0.112 e. The molecule has 0 saturated heterocycles. The number of nitrogens with zero attached hydrogens (tertiary/aromatic N) is 3. The maximum absolute atomic E-state index is 4.57. The number of imidazole rings is 2. The Kier molecular flexibility index (Phi) is 4.88. The fourth-order valence-electron chi connectivity index (χ4n) is 2.93. The first-order valence-electron chi connectivity index (χ1n) is 8.83. The predicted molar refractivity (Wildman–Crippen MR) is 105 cm³/mol. The Balaban J connectivity index is 0.000000146. The summed E-state index contributed by atoms with van der Waals surface area (Å²) in [4.78, 5) is 12.3. The second kappa shape index (κ2) is 7.09. The summed E-state index contributed by atoms with van der Waals surface area (Å²) in [5, 5.41) is 0. The molecule has 4 rings (SSSR count). The molecule has 0 unspecified atom stereocenters. The van der Waals surface area contributed by atoms with Crippen LogP contribution in [0.3, 0.4) is 0 Å². The molecule has 0 fully saturated rings. The molecule has 1 N–H and O–H groups in total. The van der Waals surface area contributed by atoms with Crippen LogP contribution in [-0.2, 0) is 7.05 Å². The molecule has 4 heteroatoms. The standard InChI is InChI=1S/C11H14N2.C10H12N2/c1-8(2)11-12-9-6-4-5-7-10(9)13(11)3;1-7(2)10-11-8-5-3-4-6-9(8)12-10/h4-8H,1-3H3;3-7H,1-2H3,(H,11,12). The van der Waals surface area contributed by atoms with Crippen LogP contribution in [0.2, 0.25) is 0 Å². The number of aromatic amines is 1. The van der Waals surface area contributed by atoms with Crippen molar-refractivity contribution in [3.8, 4) is 0 Å². The summed E-state index contributed by atoms with van der Waals surface area (Å²) in [6, 6.07) is 16.3. The number of aromatic nitrogens is 4. The molecule has 2 aromatic carbocycles. The van der Waals surface area contributed by atoms with E-state index < -0.39 is 0 Å². The van der Waals surface area contributed by atoms with Crippen LogP contribution in [0.5, 0.6) is 0 Å². The number of fused-ring (bicyclic) bond motifs is 2. The van der Waals surface area contributed by atoms with Gasteiger partial charge in [0.2, 0.25) is 0 Å². The molecule has 0 atom stereocenters. The molecule has 130 valence electrons. The second-order valence-corrected chi connectivity index (χ2v) is 6.97. The van der Waals surface area contributed by atoms with Crippen molar-refractivity contribution in [3.05, 3.63) is 60.2 Å². The molecule has 0 aliphatic carbocycles. The summed E-state index contributed by atoms with van der Waals surface area (Å²) < 4.78 is 2.17. The maximum atomic E-state index is 4.57. The van der Waals surface area contributed by atoms with Crippen molar-refractivity contribution in [1.82, 2.24) is 19.5 Å². The first-order chi connectivity index (χ1) is 12.0. The minimum absolute atomic E-state index is 0.470. The highest BCUT2D eigenvalue weighted by Gasteiger charge is 2.09. The van der Waals surface area contributed by atoms with Gasteiger partial charge in [-0.2, -0.15) is 0 Å². The highest BCUT2D eigenvalue weighted by Crippen LogP contribution is 2.19. The van der Waals surface area contributed by atoms with Gasteiger partial charge in [-0.1, -0.05) is 52.0 Å². The minimum Gasteiger partial charge on any atom is -0.342 e. The Bertz CT molecular complexity index is 943. The Morgan fingerprint density at radius 2 is 1.44 bits per heavy atom. The van der Waals surface area contributed by atoms with Crippen LogP contribution in [-0.4, -0.2) is 19.5 Å². The van der Waals surface area contributed by atoms with E-state index in [1.54, 1.807) is 0 Å². The molecule has 0 spiro atoms. The molecular weight excluding hydrogens is 308 g/mol. The van der Waals surface area contributed by atoms with Crippen LogP contribution in [0, 0.1) is 0 Å². The van der Waals surface area contributed by atoms with Gasteiger partial charge in [0.25, 0.3) is 0 Å². The molecule has 4 aromatic rings. The summed E-state index contributed by atoms with van der Waals surface area (Å²) in [5.74, 6) is 3.17. The van der Waals surface area contributed by atoms with Crippen molar-refractivity contribution < 1.29 is 0 Å². The van der Waals surface area contributed by atoms with Crippen molar-refractivity contribution in [3.63, 3.8) is 0 Å². The van der Waals surface area contributed by atoms with Crippen LogP contribution < -0.4 is 0 Å². The zero-order valence-corrected chi connectivity index (χ0v) is 15.6. The fourth-order valence-corrected chi connectivity index (χ4v) is 2.93. The van der Waals surface area contributed by atoms with Gasteiger partial charge in [0, 0.05) is 18.9 Å². The predicted octanol–water partition coefficient (Wildman–Crippen LogP) is 5.38. The van der Waals surface area contributed by atoms with Crippen LogP contribution in [0.4, 0.5) is 0 Å². The normalized spacial score (nSPS) is 11.3. The smallest absolute Gasteiger partial charge is 0.112 e. The number of rotatable bonds is 2. The Morgan fingerprint density at radius 3 is 2.04 bits per heavy atom. The van der Waals surface area contributed by atoms with Gasteiger partial charge in [0.15, 0.2) is 0 Å². The van der Waals surface area contributed by atoms with Gasteiger partial charge in [0.05, 0.1) is 22.1 Å². The Labute approximate surface area is 148 Å². The molecule has 0 aliphatic rings. The summed E-state index contributed by atoms with van der Waals surface area (Å²) >= 11 is 0.